The molecule has 126 valence electrons. The third-order valence-corrected chi connectivity index (χ3v) is 3.40. The second-order valence-electron chi connectivity index (χ2n) is 4.94. The molecule has 0 unspecified atom stereocenters. The van der Waals surface area contributed by atoms with Crippen LogP contribution in [-0.2, 0) is 6.54 Å². The van der Waals surface area contributed by atoms with E-state index in [0.29, 0.717) is 30.3 Å². The molecule has 0 bridgehead atoms. The molecule has 24 heavy (non-hydrogen) atoms. The Morgan fingerprint density at radius 1 is 1.08 bits per heavy atom. The molecule has 0 aliphatic rings. The monoisotopic (exact) mass is 348 g/mol. The number of halogens is 1. The first-order valence-electron chi connectivity index (χ1n) is 7.29. The molecular formula is C16H17ClN4O3. The number of rotatable bonds is 7. The minimum Gasteiger partial charge on any atom is -0.378 e. The quantitative estimate of drug-likeness (QED) is 0.407. The lowest BCUT2D eigenvalue weighted by atomic mass is 10.2. The van der Waals surface area contributed by atoms with Gasteiger partial charge in [0.05, 0.1) is 4.92 Å². The minimum atomic E-state index is -0.451. The van der Waals surface area contributed by atoms with Crippen LogP contribution in [0, 0.1) is 10.1 Å². The van der Waals surface area contributed by atoms with E-state index in [1.165, 1.54) is 6.07 Å². The van der Waals surface area contributed by atoms with Crippen molar-refractivity contribution in [1.82, 2.24) is 10.6 Å². The molecule has 0 saturated heterocycles. The smallest absolute Gasteiger partial charge is 0.315 e. The number of nitro benzene ring substituents is 1. The summed E-state index contributed by atoms with van der Waals surface area (Å²) in [4.78, 5) is 22.1. The van der Waals surface area contributed by atoms with Crippen molar-refractivity contribution in [3.8, 4) is 0 Å². The molecule has 0 fully saturated rings. The number of nitrogens with one attached hydrogen (secondary N) is 3. The van der Waals surface area contributed by atoms with Crippen LogP contribution in [0.1, 0.15) is 5.56 Å². The number of nitro groups is 1. The van der Waals surface area contributed by atoms with Crippen LogP contribution in [0.5, 0.6) is 0 Å². The van der Waals surface area contributed by atoms with E-state index in [-0.39, 0.29) is 11.7 Å². The second-order valence-corrected chi connectivity index (χ2v) is 5.38. The van der Waals surface area contributed by atoms with Crippen LogP contribution in [0.4, 0.5) is 16.2 Å². The maximum atomic E-state index is 11.7. The molecule has 2 rings (SSSR count). The fourth-order valence-corrected chi connectivity index (χ4v) is 2.26. The summed E-state index contributed by atoms with van der Waals surface area (Å²) >= 11 is 5.87. The number of carbonyl (C=O) groups excluding carboxylic acids is 1. The Balaban J connectivity index is 1.71. The Bertz CT molecular complexity index is 724. The van der Waals surface area contributed by atoms with E-state index in [4.69, 9.17) is 11.6 Å². The highest BCUT2D eigenvalue weighted by atomic mass is 35.5. The fourth-order valence-electron chi connectivity index (χ4n) is 2.05. The van der Waals surface area contributed by atoms with Crippen LogP contribution >= 0.6 is 11.6 Å². The van der Waals surface area contributed by atoms with Gasteiger partial charge in [0.15, 0.2) is 0 Å². The molecule has 0 spiro atoms. The Morgan fingerprint density at radius 3 is 2.62 bits per heavy atom. The molecule has 0 heterocycles. The Morgan fingerprint density at radius 2 is 1.88 bits per heavy atom. The lowest BCUT2D eigenvalue weighted by Crippen LogP contribution is -2.37. The van der Waals surface area contributed by atoms with Gasteiger partial charge in [-0.3, -0.25) is 10.1 Å². The van der Waals surface area contributed by atoms with E-state index in [2.05, 4.69) is 16.0 Å². The molecule has 0 aromatic heterocycles. The van der Waals surface area contributed by atoms with Gasteiger partial charge in [0.1, 0.15) is 5.69 Å². The van der Waals surface area contributed by atoms with E-state index in [1.54, 1.807) is 30.3 Å². The molecule has 0 radical (unpaired) electrons. The van der Waals surface area contributed by atoms with Crippen LogP contribution in [-0.4, -0.2) is 24.0 Å². The molecule has 0 saturated carbocycles. The van der Waals surface area contributed by atoms with Gasteiger partial charge in [-0.05, 0) is 23.8 Å². The van der Waals surface area contributed by atoms with Gasteiger partial charge in [-0.25, -0.2) is 4.79 Å². The summed E-state index contributed by atoms with van der Waals surface area (Å²) in [6, 6.07) is 13.3. The molecular weight excluding hydrogens is 332 g/mol. The summed E-state index contributed by atoms with van der Waals surface area (Å²) in [7, 11) is 0. The number of para-hydroxylation sites is 2. The van der Waals surface area contributed by atoms with E-state index >= 15 is 0 Å². The van der Waals surface area contributed by atoms with Crippen molar-refractivity contribution in [3.63, 3.8) is 0 Å². The fraction of sp³-hybridized carbons (Fsp3) is 0.188. The van der Waals surface area contributed by atoms with Crippen molar-refractivity contribution in [2.45, 2.75) is 6.54 Å². The van der Waals surface area contributed by atoms with Crippen molar-refractivity contribution < 1.29 is 9.72 Å². The number of carbonyl (C=O) groups is 1. The number of nitrogens with zero attached hydrogens (tertiary/aromatic N) is 1. The van der Waals surface area contributed by atoms with Gasteiger partial charge >= 0.3 is 6.03 Å². The molecule has 3 N–H and O–H groups in total. The lowest BCUT2D eigenvalue weighted by Gasteiger charge is -2.09. The number of urea groups is 1. The van der Waals surface area contributed by atoms with E-state index in [1.807, 2.05) is 12.1 Å². The lowest BCUT2D eigenvalue weighted by molar-refractivity contribution is -0.384. The molecule has 8 heteroatoms. The Kier molecular flexibility index (Phi) is 6.39. The van der Waals surface area contributed by atoms with Crippen molar-refractivity contribution in [2.24, 2.45) is 0 Å². The minimum absolute atomic E-state index is 0.00269. The van der Waals surface area contributed by atoms with Crippen molar-refractivity contribution in [2.75, 3.05) is 18.4 Å². The predicted molar refractivity (Wildman–Crippen MR) is 93.3 cm³/mol. The summed E-state index contributed by atoms with van der Waals surface area (Å²) < 4.78 is 0. The van der Waals surface area contributed by atoms with Crippen LogP contribution in [0.15, 0.2) is 48.5 Å². The van der Waals surface area contributed by atoms with Gasteiger partial charge in [0.2, 0.25) is 0 Å². The molecule has 2 amide bonds. The van der Waals surface area contributed by atoms with Crippen molar-refractivity contribution in [1.29, 1.82) is 0 Å². The summed E-state index contributed by atoms with van der Waals surface area (Å²) in [5, 5.41) is 19.8. The third kappa shape index (κ3) is 5.44. The first kappa shape index (κ1) is 17.6. The highest BCUT2D eigenvalue weighted by molar-refractivity contribution is 6.30. The SMILES string of the molecule is O=C(NCCNc1ccccc1[N+](=O)[O-])NCc1cccc(Cl)c1. The van der Waals surface area contributed by atoms with E-state index in [0.717, 1.165) is 5.56 Å². The van der Waals surface area contributed by atoms with Gasteiger partial charge in [0.25, 0.3) is 5.69 Å². The normalized spacial score (nSPS) is 10.0. The van der Waals surface area contributed by atoms with E-state index < -0.39 is 4.92 Å². The maximum Gasteiger partial charge on any atom is 0.315 e. The number of hydrogen-bond acceptors (Lipinski definition) is 4. The summed E-state index contributed by atoms with van der Waals surface area (Å²) in [6.45, 7) is 1.06. The highest BCUT2D eigenvalue weighted by Crippen LogP contribution is 2.22. The molecule has 0 aliphatic carbocycles. The summed E-state index contributed by atoms with van der Waals surface area (Å²) in [5.41, 5.74) is 1.32. The van der Waals surface area contributed by atoms with Crippen molar-refractivity contribution >= 4 is 29.0 Å². The maximum absolute atomic E-state index is 11.7. The van der Waals surface area contributed by atoms with Crippen LogP contribution < -0.4 is 16.0 Å². The molecule has 0 atom stereocenters. The second kappa shape index (κ2) is 8.73. The van der Waals surface area contributed by atoms with Crippen molar-refractivity contribution in [3.05, 3.63) is 69.2 Å². The van der Waals surface area contributed by atoms with Gasteiger partial charge in [-0.15, -0.1) is 0 Å². The number of benzene rings is 2. The molecule has 7 nitrogen and oxygen atoms in total. The number of hydrogen-bond donors (Lipinski definition) is 3. The summed E-state index contributed by atoms with van der Waals surface area (Å²) in [5.74, 6) is 0. The zero-order valence-corrected chi connectivity index (χ0v) is 13.5. The van der Waals surface area contributed by atoms with Gasteiger partial charge in [0, 0.05) is 30.7 Å². The third-order valence-electron chi connectivity index (χ3n) is 3.17. The topological polar surface area (TPSA) is 96.3 Å². The average Bonchev–Trinajstić information content (AvgIpc) is 2.57. The molecule has 2 aromatic carbocycles. The largest absolute Gasteiger partial charge is 0.378 e. The highest BCUT2D eigenvalue weighted by Gasteiger charge is 2.11. The van der Waals surface area contributed by atoms with Crippen LogP contribution in [0.2, 0.25) is 5.02 Å². The molecule has 0 aliphatic heterocycles. The zero-order chi connectivity index (χ0) is 17.4. The predicted octanol–water partition coefficient (Wildman–Crippen LogP) is 3.16. The zero-order valence-electron chi connectivity index (χ0n) is 12.8. The first-order chi connectivity index (χ1) is 11.6. The van der Waals surface area contributed by atoms with Crippen LogP contribution in [0.3, 0.4) is 0 Å². The molecule has 2 aromatic rings. The Hall–Kier alpha value is -2.80. The number of anilines is 1. The first-order valence-corrected chi connectivity index (χ1v) is 7.67. The number of amides is 2. The van der Waals surface area contributed by atoms with Gasteiger partial charge in [-0.2, -0.15) is 0 Å². The summed E-state index contributed by atoms with van der Waals surface area (Å²) in [6.07, 6.45) is 0. The van der Waals surface area contributed by atoms with Gasteiger partial charge < -0.3 is 16.0 Å². The van der Waals surface area contributed by atoms with Crippen LogP contribution in [0.25, 0.3) is 0 Å². The standard InChI is InChI=1S/C16H17ClN4O3/c17-13-5-3-4-12(10-13)11-20-16(22)19-9-8-18-14-6-1-2-7-15(14)21(23)24/h1-7,10,18H,8-9,11H2,(H2,19,20,22). The average molecular weight is 349 g/mol. The van der Waals surface area contributed by atoms with E-state index in [9.17, 15) is 14.9 Å². The Labute approximate surface area is 144 Å². The van der Waals surface area contributed by atoms with Gasteiger partial charge in [-0.1, -0.05) is 35.9 Å².